The van der Waals surface area contributed by atoms with E-state index in [0.29, 0.717) is 6.54 Å². The van der Waals surface area contributed by atoms with Crippen LogP contribution in [0.2, 0.25) is 0 Å². The molecule has 3 nitrogen and oxygen atoms in total. The Bertz CT molecular complexity index is 452. The quantitative estimate of drug-likeness (QED) is 0.757. The second-order valence-electron chi connectivity index (χ2n) is 5.71. The average molecular weight is 255 g/mol. The molecule has 2 aliphatic rings. The van der Waals surface area contributed by atoms with Crippen LogP contribution in [0.25, 0.3) is 0 Å². The predicted molar refractivity (Wildman–Crippen MR) is 77.9 cm³/mol. The van der Waals surface area contributed by atoms with E-state index >= 15 is 0 Å². The van der Waals surface area contributed by atoms with E-state index in [1.54, 1.807) is 0 Å². The van der Waals surface area contributed by atoms with Gasteiger partial charge in [0, 0.05) is 25.3 Å². The van der Waals surface area contributed by atoms with Crippen LogP contribution < -0.4 is 10.2 Å². The molecule has 1 heterocycles. The van der Waals surface area contributed by atoms with Crippen molar-refractivity contribution in [1.82, 2.24) is 10.3 Å². The third-order valence-electron chi connectivity index (χ3n) is 3.76. The minimum atomic E-state index is 0.656. The molecule has 0 spiro atoms. The predicted octanol–water partition coefficient (Wildman–Crippen LogP) is 2.18. The van der Waals surface area contributed by atoms with Gasteiger partial charge in [0.2, 0.25) is 0 Å². The van der Waals surface area contributed by atoms with E-state index in [9.17, 15) is 0 Å². The largest absolute Gasteiger partial charge is 0.345 e. The summed E-state index contributed by atoms with van der Waals surface area (Å²) in [6.07, 6.45) is 12.7. The van der Waals surface area contributed by atoms with E-state index in [4.69, 9.17) is 6.42 Å². The Hall–Kier alpha value is -1.53. The summed E-state index contributed by atoms with van der Waals surface area (Å²) in [6.45, 7) is 2.63. The first-order chi connectivity index (χ1) is 9.35. The Balaban J connectivity index is 1.59. The van der Waals surface area contributed by atoms with E-state index in [-0.39, 0.29) is 0 Å². The third-order valence-corrected chi connectivity index (χ3v) is 3.76. The van der Waals surface area contributed by atoms with E-state index in [2.05, 4.69) is 33.3 Å². The normalized spacial score (nSPS) is 18.1. The van der Waals surface area contributed by atoms with E-state index in [1.807, 2.05) is 6.20 Å². The lowest BCUT2D eigenvalue weighted by Crippen LogP contribution is -2.27. The van der Waals surface area contributed by atoms with Crippen LogP contribution in [-0.4, -0.2) is 24.1 Å². The van der Waals surface area contributed by atoms with Gasteiger partial charge < -0.3 is 10.2 Å². The van der Waals surface area contributed by atoms with Crippen molar-refractivity contribution < 1.29 is 0 Å². The van der Waals surface area contributed by atoms with Gasteiger partial charge in [0.25, 0.3) is 0 Å². The number of hydrogen-bond acceptors (Lipinski definition) is 3. The Labute approximate surface area is 115 Å². The third kappa shape index (κ3) is 3.71. The summed E-state index contributed by atoms with van der Waals surface area (Å²) in [4.78, 5) is 6.79. The SMILES string of the molecule is C#CCN(CC1CC1)c1ccc(CNC2CC2)cn1. The lowest BCUT2D eigenvalue weighted by Gasteiger charge is -2.21. The Morgan fingerprint density at radius 3 is 2.74 bits per heavy atom. The van der Waals surface area contributed by atoms with Crippen LogP contribution in [-0.2, 0) is 6.54 Å². The number of terminal acetylenes is 1. The first-order valence-corrected chi connectivity index (χ1v) is 7.22. The molecule has 0 aliphatic heterocycles. The molecule has 19 heavy (non-hydrogen) atoms. The second-order valence-corrected chi connectivity index (χ2v) is 5.71. The van der Waals surface area contributed by atoms with Gasteiger partial charge in [0.1, 0.15) is 5.82 Å². The highest BCUT2D eigenvalue weighted by Crippen LogP contribution is 2.30. The van der Waals surface area contributed by atoms with E-state index < -0.39 is 0 Å². The summed E-state index contributed by atoms with van der Waals surface area (Å²) in [5, 5.41) is 3.50. The molecule has 1 aromatic heterocycles. The van der Waals surface area contributed by atoms with E-state index in [0.717, 1.165) is 30.9 Å². The minimum absolute atomic E-state index is 0.656. The molecule has 0 atom stereocenters. The number of aromatic nitrogens is 1. The van der Waals surface area contributed by atoms with Gasteiger partial charge in [0.15, 0.2) is 0 Å². The van der Waals surface area contributed by atoms with Crippen molar-refractivity contribution in [1.29, 1.82) is 0 Å². The first-order valence-electron chi connectivity index (χ1n) is 7.22. The summed E-state index contributed by atoms with van der Waals surface area (Å²) in [7, 11) is 0. The first kappa shape index (κ1) is 12.5. The maximum absolute atomic E-state index is 5.45. The van der Waals surface area contributed by atoms with Gasteiger partial charge in [-0.3, -0.25) is 0 Å². The average Bonchev–Trinajstić information content (AvgIpc) is 3.31. The van der Waals surface area contributed by atoms with Gasteiger partial charge in [-0.2, -0.15) is 0 Å². The summed E-state index contributed by atoms with van der Waals surface area (Å²) in [5.41, 5.74) is 1.25. The summed E-state index contributed by atoms with van der Waals surface area (Å²) in [5.74, 6) is 4.58. The van der Waals surface area contributed by atoms with Crippen molar-refractivity contribution in [3.05, 3.63) is 23.9 Å². The number of anilines is 1. The highest BCUT2D eigenvalue weighted by molar-refractivity contribution is 5.41. The second kappa shape index (κ2) is 5.63. The standard InChI is InChI=1S/C16H21N3/c1-2-9-19(12-13-3-4-13)16-8-5-14(11-18-16)10-17-15-6-7-15/h1,5,8,11,13,15,17H,3-4,6-7,9-10,12H2. The van der Waals surface area contributed by atoms with Crippen molar-refractivity contribution in [2.75, 3.05) is 18.0 Å². The number of hydrogen-bond donors (Lipinski definition) is 1. The van der Waals surface area contributed by atoms with Crippen molar-refractivity contribution in [2.24, 2.45) is 5.92 Å². The Kier molecular flexibility index (Phi) is 3.70. The number of nitrogens with zero attached hydrogens (tertiary/aromatic N) is 2. The molecule has 1 N–H and O–H groups in total. The lowest BCUT2D eigenvalue weighted by molar-refractivity contribution is 0.685. The number of rotatable bonds is 7. The molecule has 3 heteroatoms. The fraction of sp³-hybridized carbons (Fsp3) is 0.562. The monoisotopic (exact) mass is 255 g/mol. The van der Waals surface area contributed by atoms with Crippen LogP contribution in [0, 0.1) is 18.3 Å². The van der Waals surface area contributed by atoms with Gasteiger partial charge in [-0.15, -0.1) is 6.42 Å². The molecular weight excluding hydrogens is 234 g/mol. The smallest absolute Gasteiger partial charge is 0.129 e. The van der Waals surface area contributed by atoms with Gasteiger partial charge in [0.05, 0.1) is 6.54 Å². The summed E-state index contributed by atoms with van der Waals surface area (Å²) < 4.78 is 0. The molecule has 100 valence electrons. The fourth-order valence-corrected chi connectivity index (χ4v) is 2.22. The molecule has 0 amide bonds. The molecule has 2 saturated carbocycles. The molecule has 2 aliphatic carbocycles. The molecular formula is C16H21N3. The number of nitrogens with one attached hydrogen (secondary N) is 1. The molecule has 3 rings (SSSR count). The number of pyridine rings is 1. The van der Waals surface area contributed by atoms with Crippen LogP contribution in [0.4, 0.5) is 5.82 Å². The maximum atomic E-state index is 5.45. The van der Waals surface area contributed by atoms with Gasteiger partial charge in [-0.1, -0.05) is 12.0 Å². The van der Waals surface area contributed by atoms with Crippen LogP contribution >= 0.6 is 0 Å². The lowest BCUT2D eigenvalue weighted by atomic mass is 10.2. The van der Waals surface area contributed by atoms with Crippen LogP contribution in [0.15, 0.2) is 18.3 Å². The topological polar surface area (TPSA) is 28.2 Å². The molecule has 0 bridgehead atoms. The van der Waals surface area contributed by atoms with Crippen molar-refractivity contribution >= 4 is 5.82 Å². The zero-order valence-electron chi connectivity index (χ0n) is 11.3. The summed E-state index contributed by atoms with van der Waals surface area (Å²) in [6, 6.07) is 5.00. The van der Waals surface area contributed by atoms with Crippen LogP contribution in [0.1, 0.15) is 31.2 Å². The molecule has 2 fully saturated rings. The summed E-state index contributed by atoms with van der Waals surface area (Å²) >= 11 is 0. The molecule has 0 aromatic carbocycles. The highest BCUT2D eigenvalue weighted by Gasteiger charge is 2.24. The van der Waals surface area contributed by atoms with Gasteiger partial charge in [-0.25, -0.2) is 4.98 Å². The van der Waals surface area contributed by atoms with Gasteiger partial charge >= 0.3 is 0 Å². The molecule has 0 saturated heterocycles. The van der Waals surface area contributed by atoms with Crippen LogP contribution in [0.3, 0.4) is 0 Å². The molecule has 1 aromatic rings. The maximum Gasteiger partial charge on any atom is 0.129 e. The van der Waals surface area contributed by atoms with Gasteiger partial charge in [-0.05, 0) is 43.2 Å². The molecule has 0 unspecified atom stereocenters. The minimum Gasteiger partial charge on any atom is -0.345 e. The van der Waals surface area contributed by atoms with Crippen molar-refractivity contribution in [3.63, 3.8) is 0 Å². The Morgan fingerprint density at radius 2 is 2.16 bits per heavy atom. The Morgan fingerprint density at radius 1 is 1.32 bits per heavy atom. The molecule has 0 radical (unpaired) electrons. The van der Waals surface area contributed by atoms with Crippen molar-refractivity contribution in [3.8, 4) is 12.3 Å². The fourth-order valence-electron chi connectivity index (χ4n) is 2.22. The van der Waals surface area contributed by atoms with Crippen molar-refractivity contribution in [2.45, 2.75) is 38.3 Å². The van der Waals surface area contributed by atoms with E-state index in [1.165, 1.54) is 31.2 Å². The van der Waals surface area contributed by atoms with Crippen LogP contribution in [0.5, 0.6) is 0 Å². The highest BCUT2D eigenvalue weighted by atomic mass is 15.2. The zero-order valence-corrected chi connectivity index (χ0v) is 11.3. The zero-order chi connectivity index (χ0) is 13.1.